The molecule has 20 heavy (non-hydrogen) atoms. The Bertz CT molecular complexity index is 495. The number of ether oxygens (including phenoxy) is 1. The van der Waals surface area contributed by atoms with Crippen LogP contribution < -0.4 is 0 Å². The van der Waals surface area contributed by atoms with Crippen molar-refractivity contribution in [1.29, 1.82) is 0 Å². The van der Waals surface area contributed by atoms with Crippen molar-refractivity contribution >= 4 is 29.2 Å². The lowest BCUT2D eigenvalue weighted by Gasteiger charge is -2.36. The molecule has 1 aromatic rings. The maximum atomic E-state index is 10.8. The predicted molar refractivity (Wildman–Crippen MR) is 78.4 cm³/mol. The molecule has 0 saturated carbocycles. The van der Waals surface area contributed by atoms with E-state index in [1.807, 2.05) is 12.1 Å². The Morgan fingerprint density at radius 3 is 2.90 bits per heavy atom. The van der Waals surface area contributed by atoms with Crippen molar-refractivity contribution in [2.75, 3.05) is 19.7 Å². The minimum absolute atomic E-state index is 0.0323. The first kappa shape index (κ1) is 15.6. The summed E-state index contributed by atoms with van der Waals surface area (Å²) in [6.45, 7) is 4.00. The van der Waals surface area contributed by atoms with E-state index in [0.717, 1.165) is 12.1 Å². The monoisotopic (exact) mass is 317 g/mol. The van der Waals surface area contributed by atoms with Gasteiger partial charge in [-0.1, -0.05) is 29.3 Å². The summed E-state index contributed by atoms with van der Waals surface area (Å²) in [7, 11) is 0. The van der Waals surface area contributed by atoms with Crippen molar-refractivity contribution in [1.82, 2.24) is 4.90 Å². The molecule has 1 aliphatic heterocycles. The third-order valence-electron chi connectivity index (χ3n) is 3.55. The number of morpholine rings is 1. The van der Waals surface area contributed by atoms with Crippen molar-refractivity contribution in [2.24, 2.45) is 0 Å². The van der Waals surface area contributed by atoms with E-state index in [4.69, 9.17) is 33.0 Å². The molecule has 0 radical (unpaired) electrons. The Morgan fingerprint density at radius 2 is 2.25 bits per heavy atom. The van der Waals surface area contributed by atoms with Gasteiger partial charge in [0.2, 0.25) is 0 Å². The summed E-state index contributed by atoms with van der Waals surface area (Å²) in [6.07, 6.45) is -0.226. The fourth-order valence-corrected chi connectivity index (χ4v) is 2.70. The molecule has 2 rings (SSSR count). The van der Waals surface area contributed by atoms with E-state index >= 15 is 0 Å². The second-order valence-electron chi connectivity index (χ2n) is 4.94. The van der Waals surface area contributed by atoms with Crippen LogP contribution in [0.4, 0.5) is 0 Å². The summed E-state index contributed by atoms with van der Waals surface area (Å²) >= 11 is 12.0. The van der Waals surface area contributed by atoms with Crippen LogP contribution in [0.2, 0.25) is 10.0 Å². The molecular weight excluding hydrogens is 301 g/mol. The summed E-state index contributed by atoms with van der Waals surface area (Å²) in [5.74, 6) is -0.834. The highest BCUT2D eigenvalue weighted by molar-refractivity contribution is 6.42. The van der Waals surface area contributed by atoms with E-state index in [2.05, 4.69) is 11.8 Å². The minimum Gasteiger partial charge on any atom is -0.481 e. The largest absolute Gasteiger partial charge is 0.481 e. The molecular formula is C14H17Cl2NO3. The van der Waals surface area contributed by atoms with Crippen LogP contribution in [-0.4, -0.2) is 41.8 Å². The van der Waals surface area contributed by atoms with E-state index in [1.54, 1.807) is 6.07 Å². The first-order chi connectivity index (χ1) is 9.47. The van der Waals surface area contributed by atoms with E-state index in [9.17, 15) is 4.79 Å². The van der Waals surface area contributed by atoms with Gasteiger partial charge in [-0.05, 0) is 24.6 Å². The third kappa shape index (κ3) is 3.85. The predicted octanol–water partition coefficient (Wildman–Crippen LogP) is 3.23. The molecule has 110 valence electrons. The van der Waals surface area contributed by atoms with Gasteiger partial charge in [-0.3, -0.25) is 9.69 Å². The molecule has 1 N–H and O–H groups in total. The van der Waals surface area contributed by atoms with Gasteiger partial charge in [-0.2, -0.15) is 0 Å². The van der Waals surface area contributed by atoms with Gasteiger partial charge in [-0.15, -0.1) is 0 Å². The van der Waals surface area contributed by atoms with Crippen LogP contribution in [0.5, 0.6) is 0 Å². The zero-order chi connectivity index (χ0) is 14.7. The van der Waals surface area contributed by atoms with Crippen molar-refractivity contribution in [2.45, 2.75) is 25.5 Å². The van der Waals surface area contributed by atoms with Crippen LogP contribution in [0.3, 0.4) is 0 Å². The molecule has 2 atom stereocenters. The Morgan fingerprint density at radius 1 is 1.50 bits per heavy atom. The number of carbonyl (C=O) groups is 1. The number of rotatable bonds is 4. The molecule has 4 nitrogen and oxygen atoms in total. The zero-order valence-corrected chi connectivity index (χ0v) is 12.7. The fourth-order valence-electron chi connectivity index (χ4n) is 2.40. The van der Waals surface area contributed by atoms with Gasteiger partial charge in [0.05, 0.1) is 29.2 Å². The normalized spacial score (nSPS) is 21.6. The number of hydrogen-bond acceptors (Lipinski definition) is 3. The number of carboxylic acids is 1. The summed E-state index contributed by atoms with van der Waals surface area (Å²) in [4.78, 5) is 13.0. The van der Waals surface area contributed by atoms with Crippen LogP contribution in [-0.2, 0) is 9.53 Å². The van der Waals surface area contributed by atoms with Crippen molar-refractivity contribution in [3.8, 4) is 0 Å². The van der Waals surface area contributed by atoms with Gasteiger partial charge < -0.3 is 9.84 Å². The maximum Gasteiger partial charge on any atom is 0.306 e. The molecule has 0 amide bonds. The molecule has 2 unspecified atom stereocenters. The Balaban J connectivity index is 2.05. The Labute approximate surface area is 128 Å². The van der Waals surface area contributed by atoms with Crippen molar-refractivity contribution in [3.05, 3.63) is 33.8 Å². The standard InChI is InChI=1S/C14H17Cl2NO3/c1-9(10-2-3-12(15)13(16)6-10)17-4-5-20-11(8-17)7-14(18)19/h2-3,6,9,11H,4-5,7-8H2,1H3,(H,18,19). The van der Waals surface area contributed by atoms with Gasteiger partial charge in [0.15, 0.2) is 0 Å². The van der Waals surface area contributed by atoms with E-state index in [0.29, 0.717) is 23.2 Å². The van der Waals surface area contributed by atoms with Gasteiger partial charge in [0.25, 0.3) is 0 Å². The average Bonchev–Trinajstić information content (AvgIpc) is 2.40. The number of hydrogen-bond donors (Lipinski definition) is 1. The SMILES string of the molecule is CC(c1ccc(Cl)c(Cl)c1)N1CCOC(CC(=O)O)C1. The maximum absolute atomic E-state index is 10.8. The highest BCUT2D eigenvalue weighted by Crippen LogP contribution is 2.29. The molecule has 1 aromatic carbocycles. The molecule has 1 aliphatic rings. The topological polar surface area (TPSA) is 49.8 Å². The van der Waals surface area contributed by atoms with Crippen LogP contribution in [0.1, 0.15) is 24.9 Å². The molecule has 1 saturated heterocycles. The number of benzene rings is 1. The van der Waals surface area contributed by atoms with Crippen LogP contribution in [0, 0.1) is 0 Å². The molecule has 0 aromatic heterocycles. The van der Waals surface area contributed by atoms with Gasteiger partial charge in [0.1, 0.15) is 0 Å². The molecule has 0 aliphatic carbocycles. The molecule has 0 spiro atoms. The summed E-state index contributed by atoms with van der Waals surface area (Å²) in [6, 6.07) is 5.73. The second-order valence-corrected chi connectivity index (χ2v) is 5.75. The van der Waals surface area contributed by atoms with Crippen LogP contribution in [0.25, 0.3) is 0 Å². The highest BCUT2D eigenvalue weighted by Gasteiger charge is 2.26. The van der Waals surface area contributed by atoms with Crippen LogP contribution in [0.15, 0.2) is 18.2 Å². The van der Waals surface area contributed by atoms with Crippen molar-refractivity contribution < 1.29 is 14.6 Å². The minimum atomic E-state index is -0.834. The Hall–Kier alpha value is -0.810. The lowest BCUT2D eigenvalue weighted by atomic mass is 10.1. The summed E-state index contributed by atoms with van der Waals surface area (Å²) in [5.41, 5.74) is 1.07. The van der Waals surface area contributed by atoms with Gasteiger partial charge >= 0.3 is 5.97 Å². The molecule has 0 bridgehead atoms. The van der Waals surface area contributed by atoms with E-state index in [-0.39, 0.29) is 18.6 Å². The van der Waals surface area contributed by atoms with E-state index < -0.39 is 5.97 Å². The number of carboxylic acid groups (broad SMARTS) is 1. The van der Waals surface area contributed by atoms with Crippen molar-refractivity contribution in [3.63, 3.8) is 0 Å². The number of halogens is 2. The van der Waals surface area contributed by atoms with Crippen LogP contribution >= 0.6 is 23.2 Å². The highest BCUT2D eigenvalue weighted by atomic mass is 35.5. The Kier molecular flexibility index (Phi) is 5.27. The number of nitrogens with zero attached hydrogens (tertiary/aromatic N) is 1. The first-order valence-electron chi connectivity index (χ1n) is 6.49. The first-order valence-corrected chi connectivity index (χ1v) is 7.25. The summed E-state index contributed by atoms with van der Waals surface area (Å²) in [5, 5.41) is 9.91. The fraction of sp³-hybridized carbons (Fsp3) is 0.500. The van der Waals surface area contributed by atoms with Gasteiger partial charge in [0, 0.05) is 19.1 Å². The average molecular weight is 318 g/mol. The quantitative estimate of drug-likeness (QED) is 0.926. The smallest absolute Gasteiger partial charge is 0.306 e. The lowest BCUT2D eigenvalue weighted by molar-refractivity contribution is -0.142. The lowest BCUT2D eigenvalue weighted by Crippen LogP contribution is -2.44. The second kappa shape index (κ2) is 6.76. The molecule has 6 heteroatoms. The number of aliphatic carboxylic acids is 1. The van der Waals surface area contributed by atoms with E-state index in [1.165, 1.54) is 0 Å². The molecule has 1 heterocycles. The van der Waals surface area contributed by atoms with Gasteiger partial charge in [-0.25, -0.2) is 0 Å². The third-order valence-corrected chi connectivity index (χ3v) is 4.29. The summed E-state index contributed by atoms with van der Waals surface area (Å²) < 4.78 is 5.48. The molecule has 1 fully saturated rings. The zero-order valence-electron chi connectivity index (χ0n) is 11.2.